The molecule has 1 amide bonds. The van der Waals surface area contributed by atoms with Crippen LogP contribution in [0.4, 0.5) is 0 Å². The van der Waals surface area contributed by atoms with Crippen molar-refractivity contribution in [2.45, 2.75) is 19.8 Å². The largest absolute Gasteiger partial charge is 0.494 e. The standard InChI is InChI=1S/C15H19NO4/c1-2-20-13-6-4-3-5-11(13)7-8-14(17)16-9-12(10-16)15(18)19/h3-6,12H,2,7-10H2,1H3,(H,18,19). The number of nitrogens with zero attached hydrogens (tertiary/aromatic N) is 1. The molecule has 1 aromatic rings. The van der Waals surface area contributed by atoms with Crippen LogP contribution in [0, 0.1) is 5.92 Å². The third-order valence-corrected chi connectivity index (χ3v) is 3.46. The van der Waals surface area contributed by atoms with Crippen LogP contribution in [0.3, 0.4) is 0 Å². The Kier molecular flexibility index (Phi) is 4.61. The van der Waals surface area contributed by atoms with Gasteiger partial charge in [0.25, 0.3) is 0 Å². The molecule has 20 heavy (non-hydrogen) atoms. The topological polar surface area (TPSA) is 66.8 Å². The van der Waals surface area contributed by atoms with E-state index in [-0.39, 0.29) is 5.91 Å². The molecular weight excluding hydrogens is 258 g/mol. The smallest absolute Gasteiger partial charge is 0.310 e. The fourth-order valence-corrected chi connectivity index (χ4v) is 2.24. The highest BCUT2D eigenvalue weighted by Gasteiger charge is 2.35. The van der Waals surface area contributed by atoms with Gasteiger partial charge in [0.2, 0.25) is 5.91 Å². The van der Waals surface area contributed by atoms with Crippen LogP contribution in [0.25, 0.3) is 0 Å². The van der Waals surface area contributed by atoms with E-state index in [9.17, 15) is 9.59 Å². The lowest BCUT2D eigenvalue weighted by molar-refractivity contribution is -0.152. The summed E-state index contributed by atoms with van der Waals surface area (Å²) in [4.78, 5) is 24.2. The Labute approximate surface area is 118 Å². The number of para-hydroxylation sites is 1. The van der Waals surface area contributed by atoms with Crippen LogP contribution in [-0.2, 0) is 16.0 Å². The molecule has 1 aliphatic rings. The number of amides is 1. The second kappa shape index (κ2) is 6.41. The number of likely N-dealkylation sites (tertiary alicyclic amines) is 1. The predicted molar refractivity (Wildman–Crippen MR) is 73.6 cm³/mol. The lowest BCUT2D eigenvalue weighted by atomic mass is 9.99. The van der Waals surface area contributed by atoms with Crippen LogP contribution in [-0.4, -0.2) is 41.6 Å². The van der Waals surface area contributed by atoms with E-state index in [1.165, 1.54) is 0 Å². The van der Waals surface area contributed by atoms with Crippen molar-refractivity contribution < 1.29 is 19.4 Å². The van der Waals surface area contributed by atoms with E-state index in [4.69, 9.17) is 9.84 Å². The normalized spacial score (nSPS) is 14.8. The van der Waals surface area contributed by atoms with E-state index in [1.807, 2.05) is 31.2 Å². The van der Waals surface area contributed by atoms with Gasteiger partial charge in [-0.3, -0.25) is 9.59 Å². The van der Waals surface area contributed by atoms with Crippen LogP contribution < -0.4 is 4.74 Å². The van der Waals surface area contributed by atoms with E-state index < -0.39 is 11.9 Å². The van der Waals surface area contributed by atoms with Gasteiger partial charge in [-0.1, -0.05) is 18.2 Å². The highest BCUT2D eigenvalue weighted by Crippen LogP contribution is 2.21. The van der Waals surface area contributed by atoms with Gasteiger partial charge in [-0.2, -0.15) is 0 Å². The number of ether oxygens (including phenoxy) is 1. The van der Waals surface area contributed by atoms with Crippen molar-refractivity contribution >= 4 is 11.9 Å². The predicted octanol–water partition coefficient (Wildman–Crippen LogP) is 1.56. The number of carboxylic acids is 1. The average Bonchev–Trinajstić information content (AvgIpc) is 2.36. The quantitative estimate of drug-likeness (QED) is 0.857. The lowest BCUT2D eigenvalue weighted by Crippen LogP contribution is -2.53. The zero-order valence-electron chi connectivity index (χ0n) is 11.5. The van der Waals surface area contributed by atoms with Crippen molar-refractivity contribution in [2.24, 2.45) is 5.92 Å². The van der Waals surface area contributed by atoms with Crippen molar-refractivity contribution in [2.75, 3.05) is 19.7 Å². The molecule has 0 bridgehead atoms. The van der Waals surface area contributed by atoms with Gasteiger partial charge < -0.3 is 14.7 Å². The van der Waals surface area contributed by atoms with E-state index in [0.717, 1.165) is 11.3 Å². The summed E-state index contributed by atoms with van der Waals surface area (Å²) in [6, 6.07) is 7.68. The molecule has 0 radical (unpaired) electrons. The maximum atomic E-state index is 11.9. The SMILES string of the molecule is CCOc1ccccc1CCC(=O)N1CC(C(=O)O)C1. The molecule has 0 unspecified atom stereocenters. The van der Waals surface area contributed by atoms with Gasteiger partial charge in [-0.15, -0.1) is 0 Å². The van der Waals surface area contributed by atoms with Crippen molar-refractivity contribution in [3.8, 4) is 5.75 Å². The number of rotatable bonds is 6. The number of carboxylic acid groups (broad SMARTS) is 1. The first kappa shape index (κ1) is 14.4. The zero-order chi connectivity index (χ0) is 14.5. The van der Waals surface area contributed by atoms with Crippen LogP contribution >= 0.6 is 0 Å². The molecule has 0 atom stereocenters. The Morgan fingerprint density at radius 2 is 2.05 bits per heavy atom. The highest BCUT2D eigenvalue weighted by atomic mass is 16.5. The minimum Gasteiger partial charge on any atom is -0.494 e. The van der Waals surface area contributed by atoms with Crippen molar-refractivity contribution in [1.29, 1.82) is 0 Å². The van der Waals surface area contributed by atoms with E-state index in [0.29, 0.717) is 32.5 Å². The molecule has 108 valence electrons. The average molecular weight is 277 g/mol. The number of carbonyl (C=O) groups excluding carboxylic acids is 1. The Balaban J connectivity index is 1.84. The van der Waals surface area contributed by atoms with E-state index >= 15 is 0 Å². The molecule has 1 N–H and O–H groups in total. The second-order valence-corrected chi connectivity index (χ2v) is 4.87. The molecule has 0 spiro atoms. The van der Waals surface area contributed by atoms with Gasteiger partial charge in [-0.05, 0) is 25.0 Å². The fourth-order valence-electron chi connectivity index (χ4n) is 2.24. The molecule has 1 heterocycles. The summed E-state index contributed by atoms with van der Waals surface area (Å²) in [5, 5.41) is 8.78. The minimum absolute atomic E-state index is 0.00815. The number of hydrogen-bond acceptors (Lipinski definition) is 3. The van der Waals surface area contributed by atoms with Gasteiger partial charge in [0.15, 0.2) is 0 Å². The summed E-state index contributed by atoms with van der Waals surface area (Å²) < 4.78 is 5.52. The fraction of sp³-hybridized carbons (Fsp3) is 0.467. The summed E-state index contributed by atoms with van der Waals surface area (Å²) in [5.74, 6) is -0.394. The molecule has 2 rings (SSSR count). The monoisotopic (exact) mass is 277 g/mol. The van der Waals surface area contributed by atoms with E-state index in [2.05, 4.69) is 0 Å². The van der Waals surface area contributed by atoms with Crippen molar-refractivity contribution in [1.82, 2.24) is 4.90 Å². The van der Waals surface area contributed by atoms with E-state index in [1.54, 1.807) is 4.90 Å². The van der Waals surface area contributed by atoms with Crippen LogP contribution in [0.2, 0.25) is 0 Å². The molecular formula is C15H19NO4. The minimum atomic E-state index is -0.823. The summed E-state index contributed by atoms with van der Waals surface area (Å²) in [7, 11) is 0. The molecule has 0 aliphatic carbocycles. The molecule has 0 saturated carbocycles. The molecule has 5 heteroatoms. The third-order valence-electron chi connectivity index (χ3n) is 3.46. The summed E-state index contributed by atoms with van der Waals surface area (Å²) in [6.07, 6.45) is 1.000. The molecule has 1 aliphatic heterocycles. The van der Waals surface area contributed by atoms with Gasteiger partial charge >= 0.3 is 5.97 Å². The van der Waals surface area contributed by atoms with Crippen LogP contribution in [0.15, 0.2) is 24.3 Å². The first-order valence-electron chi connectivity index (χ1n) is 6.83. The first-order chi connectivity index (χ1) is 9.61. The third kappa shape index (κ3) is 3.29. The number of aryl methyl sites for hydroxylation is 1. The Morgan fingerprint density at radius 3 is 2.70 bits per heavy atom. The zero-order valence-corrected chi connectivity index (χ0v) is 11.5. The maximum Gasteiger partial charge on any atom is 0.310 e. The molecule has 1 saturated heterocycles. The molecule has 1 aromatic carbocycles. The first-order valence-corrected chi connectivity index (χ1v) is 6.83. The summed E-state index contributed by atoms with van der Waals surface area (Å²) >= 11 is 0. The number of aliphatic carboxylic acids is 1. The molecule has 1 fully saturated rings. The van der Waals surface area contributed by atoms with Gasteiger partial charge in [0.1, 0.15) is 5.75 Å². The Bertz CT molecular complexity index is 494. The summed E-state index contributed by atoms with van der Waals surface area (Å²) in [5.41, 5.74) is 1.01. The number of benzene rings is 1. The Hall–Kier alpha value is -2.04. The second-order valence-electron chi connectivity index (χ2n) is 4.87. The number of hydrogen-bond donors (Lipinski definition) is 1. The van der Waals surface area contributed by atoms with Crippen LogP contribution in [0.5, 0.6) is 5.75 Å². The van der Waals surface area contributed by atoms with Gasteiger partial charge in [0.05, 0.1) is 12.5 Å². The van der Waals surface area contributed by atoms with Crippen molar-refractivity contribution in [3.63, 3.8) is 0 Å². The lowest BCUT2D eigenvalue weighted by Gasteiger charge is -2.36. The van der Waals surface area contributed by atoms with Crippen LogP contribution in [0.1, 0.15) is 18.9 Å². The Morgan fingerprint density at radius 1 is 1.35 bits per heavy atom. The number of carbonyl (C=O) groups is 2. The van der Waals surface area contributed by atoms with Gasteiger partial charge in [0, 0.05) is 19.5 Å². The summed E-state index contributed by atoms with van der Waals surface area (Å²) in [6.45, 7) is 3.19. The molecule has 5 nitrogen and oxygen atoms in total. The van der Waals surface area contributed by atoms with Gasteiger partial charge in [-0.25, -0.2) is 0 Å². The maximum absolute atomic E-state index is 11.9. The molecule has 0 aromatic heterocycles. The highest BCUT2D eigenvalue weighted by molar-refractivity contribution is 5.81. The van der Waals surface area contributed by atoms with Crippen molar-refractivity contribution in [3.05, 3.63) is 29.8 Å².